The zero-order chi connectivity index (χ0) is 14.2. The Morgan fingerprint density at radius 2 is 1.42 bits per heavy atom. The topological polar surface area (TPSA) is 29.4 Å². The normalized spacial score (nSPS) is 12.1. The molecule has 0 aromatic carbocycles. The molecule has 1 unspecified atom stereocenters. The van der Waals surface area contributed by atoms with Crippen LogP contribution < -0.4 is 0 Å². The van der Waals surface area contributed by atoms with Crippen molar-refractivity contribution in [3.8, 4) is 0 Å². The Hall–Kier alpha value is -0.270. The van der Waals surface area contributed by atoms with Crippen LogP contribution in [0.4, 0.5) is 0 Å². The molecule has 1 atom stereocenters. The Balaban J connectivity index is 3.11. The molecule has 0 aromatic rings. The molecule has 0 aliphatic heterocycles. The predicted octanol–water partition coefficient (Wildman–Crippen LogP) is 5.32. The summed E-state index contributed by atoms with van der Waals surface area (Å²) in [6, 6.07) is 0. The van der Waals surface area contributed by atoms with E-state index in [-0.39, 0.29) is 0 Å². The molecule has 0 spiro atoms. The largest absolute Gasteiger partial charge is 0.234 e. The van der Waals surface area contributed by atoms with Gasteiger partial charge in [0.25, 0.3) is 0 Å². The molecule has 2 nitrogen and oxygen atoms in total. The maximum absolute atomic E-state index is 9.91. The number of thiol groups is 1. The highest BCUT2D eigenvalue weighted by Crippen LogP contribution is 2.15. The lowest BCUT2D eigenvalue weighted by Gasteiger charge is -2.08. The molecule has 112 valence electrons. The number of unbranched alkanes of at least 4 members (excludes halogenated alkanes) is 9. The van der Waals surface area contributed by atoms with Crippen molar-refractivity contribution >= 4 is 18.7 Å². The van der Waals surface area contributed by atoms with Crippen LogP contribution in [-0.4, -0.2) is 17.9 Å². The summed E-state index contributed by atoms with van der Waals surface area (Å²) in [5, 5.41) is 0.395. The number of nitrogens with zero attached hydrogens (tertiary/aromatic N) is 1. The Kier molecular flexibility index (Phi) is 15.6. The van der Waals surface area contributed by atoms with Crippen LogP contribution >= 0.6 is 12.6 Å². The molecule has 0 aromatic heterocycles. The van der Waals surface area contributed by atoms with Gasteiger partial charge in [-0.15, -0.1) is 0 Å². The van der Waals surface area contributed by atoms with Gasteiger partial charge < -0.3 is 0 Å². The first-order chi connectivity index (χ1) is 9.31. The summed E-state index contributed by atoms with van der Waals surface area (Å²) < 4.78 is 0. The first-order valence-corrected chi connectivity index (χ1v) is 8.54. The number of rotatable bonds is 14. The van der Waals surface area contributed by atoms with Crippen molar-refractivity contribution in [2.45, 2.75) is 89.2 Å². The lowest BCUT2D eigenvalue weighted by Crippen LogP contribution is -2.00. The molecule has 0 rings (SSSR count). The zero-order valence-corrected chi connectivity index (χ0v) is 13.5. The minimum Gasteiger partial charge on any atom is -0.211 e. The predicted molar refractivity (Wildman–Crippen MR) is 86.8 cm³/mol. The Labute approximate surface area is 124 Å². The van der Waals surface area contributed by atoms with E-state index in [0.29, 0.717) is 11.8 Å². The minimum atomic E-state index is 0.395. The summed E-state index contributed by atoms with van der Waals surface area (Å²) >= 11 is 4.50. The van der Waals surface area contributed by atoms with Gasteiger partial charge >= 0.3 is 0 Å². The van der Waals surface area contributed by atoms with E-state index in [4.69, 9.17) is 0 Å². The van der Waals surface area contributed by atoms with Crippen molar-refractivity contribution in [1.29, 1.82) is 0 Å². The SMILES string of the molecule is CCCCCCCCCCCCC(S)CCN=C=O. The van der Waals surface area contributed by atoms with Gasteiger partial charge in [0.05, 0.1) is 6.54 Å². The van der Waals surface area contributed by atoms with E-state index >= 15 is 0 Å². The maximum atomic E-state index is 9.91. The van der Waals surface area contributed by atoms with Gasteiger partial charge in [-0.05, 0) is 12.8 Å². The molecule has 0 saturated heterocycles. The number of hydrogen-bond acceptors (Lipinski definition) is 3. The summed E-state index contributed by atoms with van der Waals surface area (Å²) in [5.41, 5.74) is 0. The molecule has 0 aliphatic carbocycles. The van der Waals surface area contributed by atoms with Crippen LogP contribution in [0.2, 0.25) is 0 Å². The second-order valence-electron chi connectivity index (χ2n) is 5.39. The third-order valence-corrected chi connectivity index (χ3v) is 4.05. The monoisotopic (exact) mass is 285 g/mol. The quantitative estimate of drug-likeness (QED) is 0.199. The molecular formula is C16H31NOS. The van der Waals surface area contributed by atoms with Gasteiger partial charge in [0, 0.05) is 5.25 Å². The number of aliphatic imine (C=N–C) groups is 1. The molecule has 0 fully saturated rings. The number of carbonyl (C=O) groups excluding carboxylic acids is 1. The van der Waals surface area contributed by atoms with Crippen LogP contribution in [0.1, 0.15) is 84.0 Å². The average Bonchev–Trinajstić information content (AvgIpc) is 2.41. The van der Waals surface area contributed by atoms with Gasteiger partial charge in [0.1, 0.15) is 0 Å². The molecule has 19 heavy (non-hydrogen) atoms. The van der Waals surface area contributed by atoms with Crippen molar-refractivity contribution in [3.05, 3.63) is 0 Å². The summed E-state index contributed by atoms with van der Waals surface area (Å²) in [6.45, 7) is 2.84. The fourth-order valence-electron chi connectivity index (χ4n) is 2.27. The van der Waals surface area contributed by atoms with Gasteiger partial charge in [0.15, 0.2) is 0 Å². The van der Waals surface area contributed by atoms with Crippen LogP contribution in [0.3, 0.4) is 0 Å². The zero-order valence-electron chi connectivity index (χ0n) is 12.6. The van der Waals surface area contributed by atoms with Crippen LogP contribution in [0.25, 0.3) is 0 Å². The summed E-state index contributed by atoms with van der Waals surface area (Å²) in [6.07, 6.45) is 17.3. The first-order valence-electron chi connectivity index (χ1n) is 8.03. The number of hydrogen-bond donors (Lipinski definition) is 1. The molecule has 0 radical (unpaired) electrons. The minimum absolute atomic E-state index is 0.395. The van der Waals surface area contributed by atoms with Crippen LogP contribution in [0, 0.1) is 0 Å². The van der Waals surface area contributed by atoms with Crippen molar-refractivity contribution < 1.29 is 4.79 Å². The first kappa shape index (κ1) is 18.7. The van der Waals surface area contributed by atoms with E-state index in [0.717, 1.165) is 12.8 Å². The number of isocyanates is 1. The Morgan fingerprint density at radius 1 is 0.895 bits per heavy atom. The smallest absolute Gasteiger partial charge is 0.211 e. The molecule has 0 N–H and O–H groups in total. The van der Waals surface area contributed by atoms with Crippen LogP contribution in [0.15, 0.2) is 4.99 Å². The summed E-state index contributed by atoms with van der Waals surface area (Å²) in [4.78, 5) is 13.5. The Morgan fingerprint density at radius 3 is 1.95 bits per heavy atom. The van der Waals surface area contributed by atoms with E-state index in [1.165, 1.54) is 64.2 Å². The van der Waals surface area contributed by atoms with Crippen molar-refractivity contribution in [3.63, 3.8) is 0 Å². The summed E-state index contributed by atoms with van der Waals surface area (Å²) in [7, 11) is 0. The van der Waals surface area contributed by atoms with Crippen molar-refractivity contribution in [1.82, 2.24) is 0 Å². The maximum Gasteiger partial charge on any atom is 0.234 e. The second-order valence-corrected chi connectivity index (χ2v) is 6.12. The second kappa shape index (κ2) is 15.8. The average molecular weight is 285 g/mol. The highest BCUT2D eigenvalue weighted by atomic mass is 32.1. The highest BCUT2D eigenvalue weighted by molar-refractivity contribution is 7.80. The van der Waals surface area contributed by atoms with E-state index < -0.39 is 0 Å². The third kappa shape index (κ3) is 15.7. The van der Waals surface area contributed by atoms with Gasteiger partial charge in [-0.2, -0.15) is 12.6 Å². The van der Waals surface area contributed by atoms with E-state index in [2.05, 4.69) is 24.5 Å². The van der Waals surface area contributed by atoms with E-state index in [9.17, 15) is 4.79 Å². The lowest BCUT2D eigenvalue weighted by molar-refractivity contribution is 0.542. The van der Waals surface area contributed by atoms with Gasteiger partial charge in [-0.1, -0.05) is 71.1 Å². The van der Waals surface area contributed by atoms with Crippen molar-refractivity contribution in [2.24, 2.45) is 4.99 Å². The van der Waals surface area contributed by atoms with Gasteiger partial charge in [0.2, 0.25) is 6.08 Å². The Bertz CT molecular complexity index is 227. The lowest BCUT2D eigenvalue weighted by atomic mass is 10.0. The fourth-order valence-corrected chi connectivity index (χ4v) is 2.57. The molecule has 0 aliphatic rings. The molecule has 0 bridgehead atoms. The molecule has 0 heterocycles. The fraction of sp³-hybridized carbons (Fsp3) is 0.938. The van der Waals surface area contributed by atoms with Gasteiger partial charge in [-0.25, -0.2) is 9.79 Å². The van der Waals surface area contributed by atoms with Crippen LogP contribution in [0.5, 0.6) is 0 Å². The highest BCUT2D eigenvalue weighted by Gasteiger charge is 2.02. The molecule has 3 heteroatoms. The van der Waals surface area contributed by atoms with E-state index in [1.807, 2.05) is 0 Å². The van der Waals surface area contributed by atoms with Crippen LogP contribution in [-0.2, 0) is 4.79 Å². The molecule has 0 amide bonds. The standard InChI is InChI=1S/C16H31NOS/c1-2-3-4-5-6-7-8-9-10-11-12-16(19)13-14-17-15-18/h16,19H,2-14H2,1H3. The third-order valence-electron chi connectivity index (χ3n) is 3.53. The summed E-state index contributed by atoms with van der Waals surface area (Å²) in [5.74, 6) is 0. The molecular weight excluding hydrogens is 254 g/mol. The van der Waals surface area contributed by atoms with E-state index in [1.54, 1.807) is 6.08 Å². The van der Waals surface area contributed by atoms with Crippen molar-refractivity contribution in [2.75, 3.05) is 6.54 Å². The molecule has 0 saturated carbocycles. The van der Waals surface area contributed by atoms with Gasteiger partial charge in [-0.3, -0.25) is 0 Å².